The SMILES string of the molecule is CCc1c(C)c2c(c(O)c1C1CCN(c3ccc(OC)cc3)CC1)CC(C)(CN1CCC(O)CC1)O2. The van der Waals surface area contributed by atoms with Crippen LogP contribution in [0.3, 0.4) is 0 Å². The van der Waals surface area contributed by atoms with Gasteiger partial charge in [-0.2, -0.15) is 0 Å². The third-order valence-electron chi connectivity index (χ3n) is 8.64. The Hall–Kier alpha value is -2.44. The standard InChI is InChI=1S/C30H42N2O4/c1-5-25-20(2)29-26(18-30(3,36-29)19-31-14-12-23(33)13-15-31)28(34)27(25)21-10-16-32(17-11-21)22-6-8-24(35-4)9-7-22/h6-9,21,23,33-34H,5,10-19H2,1-4H3. The molecule has 0 saturated carbocycles. The molecule has 2 aromatic rings. The molecule has 0 aliphatic carbocycles. The van der Waals surface area contributed by atoms with Gasteiger partial charge in [-0.05, 0) is 87.3 Å². The zero-order valence-corrected chi connectivity index (χ0v) is 22.3. The largest absolute Gasteiger partial charge is 0.507 e. The third-order valence-corrected chi connectivity index (χ3v) is 8.64. The van der Waals surface area contributed by atoms with E-state index in [2.05, 4.69) is 42.7 Å². The van der Waals surface area contributed by atoms with Crippen molar-refractivity contribution in [1.82, 2.24) is 4.90 Å². The summed E-state index contributed by atoms with van der Waals surface area (Å²) in [4.78, 5) is 4.84. The monoisotopic (exact) mass is 494 g/mol. The highest BCUT2D eigenvalue weighted by Crippen LogP contribution is 2.50. The molecule has 5 rings (SSSR count). The van der Waals surface area contributed by atoms with Crippen molar-refractivity contribution in [3.05, 3.63) is 46.5 Å². The van der Waals surface area contributed by atoms with E-state index in [0.29, 0.717) is 11.7 Å². The van der Waals surface area contributed by atoms with Gasteiger partial charge in [-0.3, -0.25) is 4.90 Å². The summed E-state index contributed by atoms with van der Waals surface area (Å²) in [6.07, 6.45) is 5.16. The number of benzene rings is 2. The van der Waals surface area contributed by atoms with Gasteiger partial charge in [0.25, 0.3) is 0 Å². The lowest BCUT2D eigenvalue weighted by Gasteiger charge is -2.35. The van der Waals surface area contributed by atoms with Crippen LogP contribution in [-0.4, -0.2) is 66.7 Å². The van der Waals surface area contributed by atoms with Crippen molar-refractivity contribution < 1.29 is 19.7 Å². The first-order valence-corrected chi connectivity index (χ1v) is 13.7. The summed E-state index contributed by atoms with van der Waals surface area (Å²) in [5, 5.41) is 21.5. The zero-order valence-electron chi connectivity index (χ0n) is 22.3. The number of aliphatic hydroxyl groups is 1. The van der Waals surface area contributed by atoms with Crippen molar-refractivity contribution >= 4 is 5.69 Å². The molecule has 0 radical (unpaired) electrons. The number of rotatable bonds is 6. The van der Waals surface area contributed by atoms with Gasteiger partial charge in [0.15, 0.2) is 0 Å². The topological polar surface area (TPSA) is 65.4 Å². The normalized spacial score (nSPS) is 23.5. The first kappa shape index (κ1) is 25.2. The number of fused-ring (bicyclic) bond motifs is 1. The molecule has 2 fully saturated rings. The summed E-state index contributed by atoms with van der Waals surface area (Å²) in [5.74, 6) is 2.62. The second kappa shape index (κ2) is 10.1. The quantitative estimate of drug-likeness (QED) is 0.601. The van der Waals surface area contributed by atoms with Gasteiger partial charge in [0.1, 0.15) is 22.8 Å². The van der Waals surface area contributed by atoms with Crippen LogP contribution in [0.5, 0.6) is 17.2 Å². The lowest BCUT2D eigenvalue weighted by atomic mass is 9.81. The van der Waals surface area contributed by atoms with Gasteiger partial charge in [-0.25, -0.2) is 0 Å². The minimum absolute atomic E-state index is 0.173. The highest BCUT2D eigenvalue weighted by Gasteiger charge is 2.42. The van der Waals surface area contributed by atoms with Gasteiger partial charge in [0, 0.05) is 56.0 Å². The minimum atomic E-state index is -0.353. The molecule has 1 atom stereocenters. The molecule has 3 aliphatic heterocycles. The predicted molar refractivity (Wildman–Crippen MR) is 144 cm³/mol. The van der Waals surface area contributed by atoms with Crippen LogP contribution in [0.2, 0.25) is 0 Å². The van der Waals surface area contributed by atoms with E-state index in [9.17, 15) is 10.2 Å². The highest BCUT2D eigenvalue weighted by molar-refractivity contribution is 5.62. The fraction of sp³-hybridized carbons (Fsp3) is 0.600. The van der Waals surface area contributed by atoms with E-state index in [-0.39, 0.29) is 11.7 Å². The summed E-state index contributed by atoms with van der Waals surface area (Å²) in [7, 11) is 1.70. The second-order valence-corrected chi connectivity index (χ2v) is 11.2. The molecule has 0 amide bonds. The third kappa shape index (κ3) is 4.78. The smallest absolute Gasteiger partial charge is 0.130 e. The Bertz CT molecular complexity index is 1070. The van der Waals surface area contributed by atoms with E-state index in [1.807, 2.05) is 12.1 Å². The summed E-state index contributed by atoms with van der Waals surface area (Å²) >= 11 is 0. The van der Waals surface area contributed by atoms with Crippen LogP contribution >= 0.6 is 0 Å². The van der Waals surface area contributed by atoms with E-state index in [1.54, 1.807) is 7.11 Å². The Labute approximate surface area is 215 Å². The number of piperidine rings is 2. The van der Waals surface area contributed by atoms with Crippen molar-refractivity contribution in [2.45, 2.75) is 76.9 Å². The number of aliphatic hydroxyl groups excluding tert-OH is 1. The molecule has 6 nitrogen and oxygen atoms in total. The van der Waals surface area contributed by atoms with Crippen molar-refractivity contribution in [1.29, 1.82) is 0 Å². The number of hydrogen-bond acceptors (Lipinski definition) is 6. The summed E-state index contributed by atoms with van der Waals surface area (Å²) in [6, 6.07) is 8.31. The molecule has 0 aromatic heterocycles. The summed E-state index contributed by atoms with van der Waals surface area (Å²) < 4.78 is 11.9. The number of phenolic OH excluding ortho intramolecular Hbond substituents is 1. The van der Waals surface area contributed by atoms with Crippen LogP contribution in [0.4, 0.5) is 5.69 Å². The molecule has 6 heteroatoms. The van der Waals surface area contributed by atoms with Crippen LogP contribution in [0.1, 0.15) is 67.7 Å². The van der Waals surface area contributed by atoms with E-state index in [4.69, 9.17) is 9.47 Å². The average Bonchev–Trinajstić information content (AvgIpc) is 3.25. The van der Waals surface area contributed by atoms with Gasteiger partial charge >= 0.3 is 0 Å². The molecule has 196 valence electrons. The molecule has 36 heavy (non-hydrogen) atoms. The maximum Gasteiger partial charge on any atom is 0.130 e. The van der Waals surface area contributed by atoms with Gasteiger partial charge in [0.05, 0.1) is 13.2 Å². The van der Waals surface area contributed by atoms with Gasteiger partial charge in [-0.1, -0.05) is 6.92 Å². The number of phenols is 1. The number of aromatic hydroxyl groups is 1. The highest BCUT2D eigenvalue weighted by atomic mass is 16.5. The Morgan fingerprint density at radius 1 is 1.06 bits per heavy atom. The molecular formula is C30H42N2O4. The van der Waals surface area contributed by atoms with E-state index in [1.165, 1.54) is 16.8 Å². The molecule has 2 aromatic carbocycles. The van der Waals surface area contributed by atoms with Gasteiger partial charge in [-0.15, -0.1) is 0 Å². The van der Waals surface area contributed by atoms with Crippen molar-refractivity contribution in [2.75, 3.05) is 44.7 Å². The number of anilines is 1. The number of likely N-dealkylation sites (tertiary alicyclic amines) is 1. The van der Waals surface area contributed by atoms with E-state index < -0.39 is 0 Å². The van der Waals surface area contributed by atoms with Crippen LogP contribution in [0.25, 0.3) is 0 Å². The zero-order chi connectivity index (χ0) is 25.4. The molecule has 3 heterocycles. The van der Waals surface area contributed by atoms with E-state index >= 15 is 0 Å². The Morgan fingerprint density at radius 3 is 2.33 bits per heavy atom. The van der Waals surface area contributed by atoms with Crippen LogP contribution in [0, 0.1) is 6.92 Å². The summed E-state index contributed by atoms with van der Waals surface area (Å²) in [5.41, 5.74) is 5.51. The molecular weight excluding hydrogens is 452 g/mol. The first-order chi connectivity index (χ1) is 17.3. The first-order valence-electron chi connectivity index (χ1n) is 13.7. The maximum absolute atomic E-state index is 11.7. The van der Waals surface area contributed by atoms with Crippen molar-refractivity contribution in [3.8, 4) is 17.2 Å². The lowest BCUT2D eigenvalue weighted by molar-refractivity contribution is 0.0259. The van der Waals surface area contributed by atoms with Crippen LogP contribution in [0.15, 0.2) is 24.3 Å². The molecule has 2 saturated heterocycles. The molecule has 1 unspecified atom stereocenters. The molecule has 2 N–H and O–H groups in total. The maximum atomic E-state index is 11.7. The fourth-order valence-electron chi connectivity index (χ4n) is 6.69. The van der Waals surface area contributed by atoms with Crippen molar-refractivity contribution in [3.63, 3.8) is 0 Å². The Balaban J connectivity index is 1.34. The minimum Gasteiger partial charge on any atom is -0.507 e. The summed E-state index contributed by atoms with van der Waals surface area (Å²) in [6.45, 7) is 11.1. The Morgan fingerprint density at radius 2 is 1.72 bits per heavy atom. The molecule has 0 spiro atoms. The number of hydrogen-bond donors (Lipinski definition) is 2. The molecule has 0 bridgehead atoms. The van der Waals surface area contributed by atoms with Gasteiger partial charge in [0.2, 0.25) is 0 Å². The van der Waals surface area contributed by atoms with Gasteiger partial charge < -0.3 is 24.6 Å². The second-order valence-electron chi connectivity index (χ2n) is 11.2. The number of nitrogens with zero attached hydrogens (tertiary/aromatic N) is 2. The average molecular weight is 495 g/mol. The lowest BCUT2D eigenvalue weighted by Crippen LogP contribution is -2.47. The number of ether oxygens (including phenoxy) is 2. The Kier molecular flexibility index (Phi) is 7.10. The van der Waals surface area contributed by atoms with Crippen LogP contribution < -0.4 is 14.4 Å². The fourth-order valence-corrected chi connectivity index (χ4v) is 6.69. The van der Waals surface area contributed by atoms with E-state index in [0.717, 1.165) is 93.9 Å². The molecule has 3 aliphatic rings. The van der Waals surface area contributed by atoms with Crippen molar-refractivity contribution in [2.24, 2.45) is 0 Å². The van der Waals surface area contributed by atoms with Crippen LogP contribution in [-0.2, 0) is 12.8 Å². The predicted octanol–water partition coefficient (Wildman–Crippen LogP) is 4.81. The number of methoxy groups -OCH3 is 1.